The molecule has 0 bridgehead atoms. The predicted octanol–water partition coefficient (Wildman–Crippen LogP) is 4.42. The summed E-state index contributed by atoms with van der Waals surface area (Å²) in [7, 11) is 0. The van der Waals surface area contributed by atoms with Crippen molar-refractivity contribution in [1.82, 2.24) is 5.32 Å². The molecule has 0 fully saturated rings. The number of amides is 3. The van der Waals surface area contributed by atoms with Crippen LogP contribution in [0, 0.1) is 9.49 Å². The van der Waals surface area contributed by atoms with Crippen LogP contribution in [0.2, 0.25) is 5.02 Å². The molecule has 2 unspecified atom stereocenters. The second kappa shape index (κ2) is 7.53. The Kier molecular flexibility index (Phi) is 5.39. The normalized spacial score (nSPS) is 19.8. The molecule has 2 atom stereocenters. The van der Waals surface area contributed by atoms with Crippen LogP contribution in [0.1, 0.15) is 18.5 Å². The molecule has 2 aromatic rings. The number of halogens is 2. The minimum atomic E-state index is -0.599. The van der Waals surface area contributed by atoms with Crippen molar-refractivity contribution in [2.45, 2.75) is 13.0 Å². The van der Waals surface area contributed by atoms with Gasteiger partial charge in [-0.1, -0.05) is 23.7 Å². The molecule has 0 radical (unpaired) electrons. The number of urea groups is 1. The smallest absolute Gasteiger partial charge is 0.328 e. The van der Waals surface area contributed by atoms with E-state index in [-0.39, 0.29) is 5.91 Å². The maximum absolute atomic E-state index is 12.8. The molecule has 5 nitrogen and oxygen atoms in total. The number of nitrogens with one attached hydrogen (secondary N) is 2. The maximum Gasteiger partial charge on any atom is 0.341 e. The first-order valence-corrected chi connectivity index (χ1v) is 9.07. The molecule has 0 saturated heterocycles. The van der Waals surface area contributed by atoms with Crippen molar-refractivity contribution in [3.8, 4) is 0 Å². The quantitative estimate of drug-likeness (QED) is 0.656. The molecule has 1 aliphatic rings. The molecule has 2 N–H and O–H groups in total. The molecule has 3 amide bonds. The molecule has 128 valence electrons. The highest BCUT2D eigenvalue weighted by atomic mass is 127. The maximum atomic E-state index is 12.8. The van der Waals surface area contributed by atoms with E-state index >= 15 is 0 Å². The predicted molar refractivity (Wildman–Crippen MR) is 107 cm³/mol. The Bertz CT molecular complexity index is 834. The van der Waals surface area contributed by atoms with E-state index in [1.165, 1.54) is 0 Å². The lowest BCUT2D eigenvalue weighted by Gasteiger charge is -2.30. The van der Waals surface area contributed by atoms with Gasteiger partial charge < -0.3 is 10.6 Å². The Morgan fingerprint density at radius 2 is 1.80 bits per heavy atom. The monoisotopic (exact) mass is 467 g/mol. The SMILES string of the molecule is CC1=NC(=O)NC(c2ccc(Cl)cc2)C1C(=O)Nc1ccc(I)cc1. The zero-order chi connectivity index (χ0) is 18.0. The highest BCUT2D eigenvalue weighted by Gasteiger charge is 2.36. The van der Waals surface area contributed by atoms with Gasteiger partial charge in [0.25, 0.3) is 0 Å². The molecule has 1 heterocycles. The van der Waals surface area contributed by atoms with Gasteiger partial charge in [0, 0.05) is 20.0 Å². The lowest BCUT2D eigenvalue weighted by Crippen LogP contribution is -2.45. The van der Waals surface area contributed by atoms with Crippen molar-refractivity contribution < 1.29 is 9.59 Å². The van der Waals surface area contributed by atoms with E-state index in [0.29, 0.717) is 16.4 Å². The summed E-state index contributed by atoms with van der Waals surface area (Å²) in [6.45, 7) is 1.69. The summed E-state index contributed by atoms with van der Waals surface area (Å²) in [4.78, 5) is 28.6. The number of carbonyl (C=O) groups is 2. The Balaban J connectivity index is 1.89. The first-order chi connectivity index (χ1) is 11.9. The van der Waals surface area contributed by atoms with E-state index in [0.717, 1.165) is 9.13 Å². The summed E-state index contributed by atoms with van der Waals surface area (Å²) >= 11 is 8.14. The second-order valence-electron chi connectivity index (χ2n) is 5.71. The number of nitrogens with zero attached hydrogens (tertiary/aromatic N) is 1. The van der Waals surface area contributed by atoms with E-state index in [1.54, 1.807) is 31.2 Å². The van der Waals surface area contributed by atoms with Gasteiger partial charge in [-0.3, -0.25) is 4.79 Å². The third-order valence-corrected chi connectivity index (χ3v) is 4.93. The average Bonchev–Trinajstić information content (AvgIpc) is 2.57. The van der Waals surface area contributed by atoms with Gasteiger partial charge in [0.05, 0.1) is 6.04 Å². The van der Waals surface area contributed by atoms with Gasteiger partial charge in [0.15, 0.2) is 0 Å². The standard InChI is InChI=1S/C18H15ClIN3O2/c1-10-15(17(24)22-14-8-6-13(20)7-9-14)16(23-18(25)21-10)11-2-4-12(19)5-3-11/h2-9,15-16H,1H3,(H,22,24)(H,23,25). The fraction of sp³-hybridized carbons (Fsp3) is 0.167. The van der Waals surface area contributed by atoms with Crippen LogP contribution in [0.5, 0.6) is 0 Å². The molecule has 3 rings (SSSR count). The van der Waals surface area contributed by atoms with Gasteiger partial charge in [-0.2, -0.15) is 0 Å². The van der Waals surface area contributed by atoms with E-state index in [2.05, 4.69) is 38.2 Å². The first-order valence-electron chi connectivity index (χ1n) is 7.61. The highest BCUT2D eigenvalue weighted by Crippen LogP contribution is 2.29. The zero-order valence-electron chi connectivity index (χ0n) is 13.3. The van der Waals surface area contributed by atoms with Crippen LogP contribution in [0.25, 0.3) is 0 Å². The van der Waals surface area contributed by atoms with Gasteiger partial charge in [0.2, 0.25) is 5.91 Å². The van der Waals surface area contributed by atoms with Gasteiger partial charge in [-0.15, -0.1) is 0 Å². The largest absolute Gasteiger partial charge is 0.341 e. The molecule has 0 aliphatic carbocycles. The molecule has 1 aliphatic heterocycles. The van der Waals surface area contributed by atoms with Crippen molar-refractivity contribution in [2.75, 3.05) is 5.32 Å². The van der Waals surface area contributed by atoms with Crippen LogP contribution in [-0.2, 0) is 4.79 Å². The third-order valence-electron chi connectivity index (χ3n) is 3.96. The average molecular weight is 468 g/mol. The van der Waals surface area contributed by atoms with Gasteiger partial charge >= 0.3 is 6.03 Å². The summed E-state index contributed by atoms with van der Waals surface area (Å²) in [6.07, 6.45) is 0. The minimum absolute atomic E-state index is 0.220. The van der Waals surface area contributed by atoms with Crippen molar-refractivity contribution in [2.24, 2.45) is 10.9 Å². The summed E-state index contributed by atoms with van der Waals surface area (Å²) in [5.41, 5.74) is 1.98. The van der Waals surface area contributed by atoms with Gasteiger partial charge in [-0.05, 0) is 71.5 Å². The number of hydrogen-bond donors (Lipinski definition) is 2. The number of aliphatic imine (C=N–C) groups is 1. The molecule has 2 aromatic carbocycles. The van der Waals surface area contributed by atoms with Crippen molar-refractivity contribution >= 4 is 57.5 Å². The third kappa shape index (κ3) is 4.19. The molecule has 0 saturated carbocycles. The summed E-state index contributed by atoms with van der Waals surface area (Å²) in [5, 5.41) is 6.27. The van der Waals surface area contributed by atoms with E-state index in [1.807, 2.05) is 24.3 Å². The fourth-order valence-corrected chi connectivity index (χ4v) is 3.25. The molecule has 7 heteroatoms. The molecule has 25 heavy (non-hydrogen) atoms. The number of carbonyl (C=O) groups excluding carboxylic acids is 2. The summed E-state index contributed by atoms with van der Waals surface area (Å²) in [5.74, 6) is -0.819. The number of rotatable bonds is 3. The number of hydrogen-bond acceptors (Lipinski definition) is 2. The van der Waals surface area contributed by atoms with Crippen LogP contribution in [0.4, 0.5) is 10.5 Å². The molecule has 0 aromatic heterocycles. The van der Waals surface area contributed by atoms with Crippen LogP contribution >= 0.6 is 34.2 Å². The van der Waals surface area contributed by atoms with Crippen LogP contribution in [0.15, 0.2) is 53.5 Å². The number of benzene rings is 2. The second-order valence-corrected chi connectivity index (χ2v) is 7.39. The minimum Gasteiger partial charge on any atom is -0.328 e. The first kappa shape index (κ1) is 17.9. The Morgan fingerprint density at radius 3 is 2.44 bits per heavy atom. The molecular weight excluding hydrogens is 453 g/mol. The van der Waals surface area contributed by atoms with E-state index in [4.69, 9.17) is 11.6 Å². The van der Waals surface area contributed by atoms with Crippen LogP contribution < -0.4 is 10.6 Å². The Labute approximate surface area is 164 Å². The van der Waals surface area contributed by atoms with Crippen molar-refractivity contribution in [3.05, 3.63) is 62.7 Å². The fourth-order valence-electron chi connectivity index (χ4n) is 2.76. The molecule has 0 spiro atoms. The van der Waals surface area contributed by atoms with Crippen molar-refractivity contribution in [3.63, 3.8) is 0 Å². The van der Waals surface area contributed by atoms with Crippen molar-refractivity contribution in [1.29, 1.82) is 0 Å². The van der Waals surface area contributed by atoms with E-state index in [9.17, 15) is 9.59 Å². The lowest BCUT2D eigenvalue weighted by atomic mass is 9.87. The topological polar surface area (TPSA) is 70.6 Å². The Hall–Kier alpha value is -1.93. The van der Waals surface area contributed by atoms with Crippen LogP contribution in [-0.4, -0.2) is 17.6 Å². The number of anilines is 1. The highest BCUT2D eigenvalue weighted by molar-refractivity contribution is 14.1. The van der Waals surface area contributed by atoms with Crippen LogP contribution in [0.3, 0.4) is 0 Å². The van der Waals surface area contributed by atoms with Gasteiger partial charge in [0.1, 0.15) is 5.92 Å². The zero-order valence-corrected chi connectivity index (χ0v) is 16.2. The van der Waals surface area contributed by atoms with E-state index < -0.39 is 18.0 Å². The summed E-state index contributed by atoms with van der Waals surface area (Å²) in [6, 6.07) is 13.6. The van der Waals surface area contributed by atoms with Gasteiger partial charge in [-0.25, -0.2) is 9.79 Å². The summed E-state index contributed by atoms with van der Waals surface area (Å²) < 4.78 is 1.08. The lowest BCUT2D eigenvalue weighted by molar-refractivity contribution is -0.118. The molecular formula is C18H15ClIN3O2. The Morgan fingerprint density at radius 1 is 1.16 bits per heavy atom.